The number of carbonyl (C=O) groups excluding carboxylic acids is 1. The quantitative estimate of drug-likeness (QED) is 0.822. The Labute approximate surface area is 134 Å². The van der Waals surface area contributed by atoms with Crippen LogP contribution < -0.4 is 10.1 Å². The molecular weight excluding hydrogens is 294 g/mol. The molecule has 0 fully saturated rings. The van der Waals surface area contributed by atoms with Crippen LogP contribution in [0.2, 0.25) is 0 Å². The van der Waals surface area contributed by atoms with Crippen molar-refractivity contribution < 1.29 is 19.4 Å². The summed E-state index contributed by atoms with van der Waals surface area (Å²) >= 11 is 0. The molecule has 0 aliphatic heterocycles. The average Bonchev–Trinajstić information content (AvgIpc) is 2.55. The van der Waals surface area contributed by atoms with Gasteiger partial charge in [-0.1, -0.05) is 30.3 Å². The molecule has 2 N–H and O–H groups in total. The second-order valence-corrected chi connectivity index (χ2v) is 5.19. The Morgan fingerprint density at radius 3 is 2.26 bits per heavy atom. The van der Waals surface area contributed by atoms with Gasteiger partial charge in [-0.05, 0) is 29.8 Å². The summed E-state index contributed by atoms with van der Waals surface area (Å²) in [4.78, 5) is 23.2. The van der Waals surface area contributed by atoms with Crippen molar-refractivity contribution in [3.05, 3.63) is 60.2 Å². The normalized spacial score (nSPS) is 11.5. The van der Waals surface area contributed by atoms with Gasteiger partial charge in [0.15, 0.2) is 0 Å². The van der Waals surface area contributed by atoms with Crippen LogP contribution in [0.3, 0.4) is 0 Å². The van der Waals surface area contributed by atoms with Crippen LogP contribution in [0.15, 0.2) is 54.6 Å². The lowest BCUT2D eigenvalue weighted by Gasteiger charge is -2.15. The molecular formula is C18H19NO4. The van der Waals surface area contributed by atoms with E-state index < -0.39 is 5.97 Å². The number of anilines is 1. The average molecular weight is 313 g/mol. The monoisotopic (exact) mass is 313 g/mol. The molecule has 0 radical (unpaired) electrons. The van der Waals surface area contributed by atoms with E-state index in [4.69, 9.17) is 9.84 Å². The number of carboxylic acids is 1. The number of aliphatic carboxylic acids is 1. The van der Waals surface area contributed by atoms with Gasteiger partial charge in [0.05, 0.1) is 13.5 Å². The maximum atomic E-state index is 12.2. The molecule has 2 rings (SSSR count). The fourth-order valence-electron chi connectivity index (χ4n) is 2.35. The molecule has 0 saturated carbocycles. The summed E-state index contributed by atoms with van der Waals surface area (Å²) in [6.07, 6.45) is 0.0301. The van der Waals surface area contributed by atoms with Crippen molar-refractivity contribution in [2.75, 3.05) is 12.4 Å². The molecule has 0 spiro atoms. The lowest BCUT2D eigenvalue weighted by atomic mass is 9.92. The lowest BCUT2D eigenvalue weighted by molar-refractivity contribution is -0.137. The minimum Gasteiger partial charge on any atom is -0.497 e. The molecule has 0 heterocycles. The molecule has 5 heteroatoms. The number of nitrogens with one attached hydrogen (secondary N) is 1. The zero-order valence-corrected chi connectivity index (χ0v) is 12.9. The van der Waals surface area contributed by atoms with Crippen LogP contribution in [0, 0.1) is 0 Å². The van der Waals surface area contributed by atoms with Crippen molar-refractivity contribution in [3.8, 4) is 5.75 Å². The second kappa shape index (κ2) is 7.98. The van der Waals surface area contributed by atoms with Crippen LogP contribution in [-0.4, -0.2) is 24.1 Å². The molecule has 23 heavy (non-hydrogen) atoms. The Morgan fingerprint density at radius 2 is 1.70 bits per heavy atom. The predicted octanol–water partition coefficient (Wildman–Crippen LogP) is 3.28. The van der Waals surface area contributed by atoms with Gasteiger partial charge in [-0.2, -0.15) is 0 Å². The molecule has 2 aromatic rings. The summed E-state index contributed by atoms with van der Waals surface area (Å²) in [6, 6.07) is 16.2. The van der Waals surface area contributed by atoms with E-state index in [1.807, 2.05) is 30.3 Å². The Hall–Kier alpha value is -2.82. The minimum atomic E-state index is -0.920. The highest BCUT2D eigenvalue weighted by atomic mass is 16.5. The van der Waals surface area contributed by atoms with Gasteiger partial charge in [0, 0.05) is 18.0 Å². The number of carbonyl (C=O) groups is 2. The van der Waals surface area contributed by atoms with Crippen molar-refractivity contribution in [1.82, 2.24) is 0 Å². The molecule has 0 bridgehead atoms. The molecule has 1 unspecified atom stereocenters. The van der Waals surface area contributed by atoms with Crippen LogP contribution >= 0.6 is 0 Å². The van der Waals surface area contributed by atoms with Crippen molar-refractivity contribution in [3.63, 3.8) is 0 Å². The largest absolute Gasteiger partial charge is 0.497 e. The van der Waals surface area contributed by atoms with E-state index in [9.17, 15) is 9.59 Å². The van der Waals surface area contributed by atoms with Crippen LogP contribution in [0.25, 0.3) is 0 Å². The first-order valence-corrected chi connectivity index (χ1v) is 7.29. The second-order valence-electron chi connectivity index (χ2n) is 5.19. The van der Waals surface area contributed by atoms with E-state index in [-0.39, 0.29) is 24.7 Å². The Kier molecular flexibility index (Phi) is 5.74. The number of carboxylic acid groups (broad SMARTS) is 1. The van der Waals surface area contributed by atoms with Gasteiger partial charge in [-0.25, -0.2) is 0 Å². The molecule has 5 nitrogen and oxygen atoms in total. The van der Waals surface area contributed by atoms with Crippen molar-refractivity contribution in [2.24, 2.45) is 0 Å². The molecule has 0 aliphatic rings. The molecule has 0 aliphatic carbocycles. The molecule has 1 atom stereocenters. The SMILES string of the molecule is COc1ccc(NC(=O)CC(CC(=O)O)c2ccccc2)cc1. The van der Waals surface area contributed by atoms with E-state index in [1.54, 1.807) is 31.4 Å². The standard InChI is InChI=1S/C18H19NO4/c1-23-16-9-7-15(8-10-16)19-17(20)11-14(12-18(21)22)13-5-3-2-4-6-13/h2-10,14H,11-12H2,1H3,(H,19,20)(H,21,22). The number of hydrogen-bond donors (Lipinski definition) is 2. The highest BCUT2D eigenvalue weighted by Crippen LogP contribution is 2.24. The molecule has 120 valence electrons. The summed E-state index contributed by atoms with van der Waals surface area (Å²) in [7, 11) is 1.57. The van der Waals surface area contributed by atoms with Crippen LogP contribution in [-0.2, 0) is 9.59 Å². The van der Waals surface area contributed by atoms with Gasteiger partial charge in [0.1, 0.15) is 5.75 Å². The van der Waals surface area contributed by atoms with Gasteiger partial charge in [-0.15, -0.1) is 0 Å². The number of ether oxygens (including phenoxy) is 1. The lowest BCUT2D eigenvalue weighted by Crippen LogP contribution is -2.17. The molecule has 0 saturated heterocycles. The molecule has 0 aromatic heterocycles. The van der Waals surface area contributed by atoms with Crippen molar-refractivity contribution in [2.45, 2.75) is 18.8 Å². The zero-order chi connectivity index (χ0) is 16.7. The fourth-order valence-corrected chi connectivity index (χ4v) is 2.35. The van der Waals surface area contributed by atoms with Crippen molar-refractivity contribution in [1.29, 1.82) is 0 Å². The van der Waals surface area contributed by atoms with E-state index in [2.05, 4.69) is 5.32 Å². The summed E-state index contributed by atoms with van der Waals surface area (Å²) < 4.78 is 5.06. The van der Waals surface area contributed by atoms with E-state index in [0.717, 1.165) is 5.56 Å². The van der Waals surface area contributed by atoms with E-state index >= 15 is 0 Å². The Morgan fingerprint density at radius 1 is 1.04 bits per heavy atom. The maximum Gasteiger partial charge on any atom is 0.303 e. The van der Waals surface area contributed by atoms with Crippen LogP contribution in [0.1, 0.15) is 24.3 Å². The summed E-state index contributed by atoms with van der Waals surface area (Å²) in [6.45, 7) is 0. The van der Waals surface area contributed by atoms with Crippen LogP contribution in [0.5, 0.6) is 5.75 Å². The van der Waals surface area contributed by atoms with E-state index in [1.165, 1.54) is 0 Å². The third-order valence-electron chi connectivity index (χ3n) is 3.50. The summed E-state index contributed by atoms with van der Waals surface area (Å²) in [5, 5.41) is 11.8. The Bertz CT molecular complexity index is 652. The fraction of sp³-hybridized carbons (Fsp3) is 0.222. The van der Waals surface area contributed by atoms with E-state index in [0.29, 0.717) is 11.4 Å². The molecule has 2 aromatic carbocycles. The number of methoxy groups -OCH3 is 1. The Balaban J connectivity index is 2.03. The van der Waals surface area contributed by atoms with Gasteiger partial charge in [0.2, 0.25) is 5.91 Å². The van der Waals surface area contributed by atoms with Gasteiger partial charge >= 0.3 is 5.97 Å². The van der Waals surface area contributed by atoms with Gasteiger partial charge < -0.3 is 15.2 Å². The number of hydrogen-bond acceptors (Lipinski definition) is 3. The predicted molar refractivity (Wildman–Crippen MR) is 87.7 cm³/mol. The number of benzene rings is 2. The van der Waals surface area contributed by atoms with Crippen LogP contribution in [0.4, 0.5) is 5.69 Å². The smallest absolute Gasteiger partial charge is 0.303 e. The van der Waals surface area contributed by atoms with Crippen molar-refractivity contribution >= 4 is 17.6 Å². The highest BCUT2D eigenvalue weighted by molar-refractivity contribution is 5.91. The first-order chi connectivity index (χ1) is 11.1. The first kappa shape index (κ1) is 16.5. The zero-order valence-electron chi connectivity index (χ0n) is 12.9. The maximum absolute atomic E-state index is 12.2. The third-order valence-corrected chi connectivity index (χ3v) is 3.50. The summed E-state index contributed by atoms with van der Waals surface area (Å²) in [5.74, 6) is -0.788. The highest BCUT2D eigenvalue weighted by Gasteiger charge is 2.19. The van der Waals surface area contributed by atoms with Gasteiger partial charge in [-0.3, -0.25) is 9.59 Å². The summed E-state index contributed by atoms with van der Waals surface area (Å²) in [5.41, 5.74) is 1.50. The number of amides is 1. The number of rotatable bonds is 7. The first-order valence-electron chi connectivity index (χ1n) is 7.29. The van der Waals surface area contributed by atoms with Gasteiger partial charge in [0.25, 0.3) is 0 Å². The third kappa shape index (κ3) is 5.14. The topological polar surface area (TPSA) is 75.6 Å². The molecule has 1 amide bonds. The minimum absolute atomic E-state index is 0.0833.